The molecular formula is C17H27IO. The number of carbonyl (C=O) groups excluding carboxylic acids is 1. The predicted octanol–water partition coefficient (Wildman–Crippen LogP) is 5.38. The molecule has 108 valence electrons. The molecule has 1 nitrogen and oxygen atoms in total. The van der Waals surface area contributed by atoms with Crippen molar-refractivity contribution in [3.8, 4) is 0 Å². The van der Waals surface area contributed by atoms with Crippen LogP contribution in [0, 0.1) is 28.6 Å². The molecule has 0 saturated heterocycles. The van der Waals surface area contributed by atoms with Crippen LogP contribution in [0.25, 0.3) is 0 Å². The Morgan fingerprint density at radius 3 is 2.68 bits per heavy atom. The first-order valence-electron chi connectivity index (χ1n) is 7.60. The summed E-state index contributed by atoms with van der Waals surface area (Å²) in [7, 11) is 0. The van der Waals surface area contributed by atoms with Crippen LogP contribution in [0.3, 0.4) is 0 Å². The molecule has 0 aromatic heterocycles. The van der Waals surface area contributed by atoms with Gasteiger partial charge in [0.15, 0.2) is 0 Å². The van der Waals surface area contributed by atoms with Gasteiger partial charge in [-0.2, -0.15) is 0 Å². The molecule has 2 saturated carbocycles. The maximum absolute atomic E-state index is 12.4. The van der Waals surface area contributed by atoms with Crippen LogP contribution < -0.4 is 0 Å². The smallest absolute Gasteiger partial charge is 0.136 e. The van der Waals surface area contributed by atoms with E-state index in [1.807, 2.05) is 0 Å². The van der Waals surface area contributed by atoms with Crippen molar-refractivity contribution in [1.82, 2.24) is 0 Å². The third-order valence-electron chi connectivity index (χ3n) is 6.36. The highest BCUT2D eigenvalue weighted by Crippen LogP contribution is 2.69. The summed E-state index contributed by atoms with van der Waals surface area (Å²) >= 11 is 2.34. The Morgan fingerprint density at radius 1 is 1.53 bits per heavy atom. The van der Waals surface area contributed by atoms with Crippen molar-refractivity contribution in [3.63, 3.8) is 0 Å². The van der Waals surface area contributed by atoms with Crippen molar-refractivity contribution in [3.05, 3.63) is 10.2 Å². The summed E-state index contributed by atoms with van der Waals surface area (Å²) in [5.74, 6) is 2.15. The Hall–Kier alpha value is 0.140. The van der Waals surface area contributed by atoms with Crippen molar-refractivity contribution in [1.29, 1.82) is 0 Å². The van der Waals surface area contributed by atoms with E-state index in [0.717, 1.165) is 19.3 Å². The van der Waals surface area contributed by atoms with E-state index in [-0.39, 0.29) is 16.7 Å². The molecule has 0 heterocycles. The lowest BCUT2D eigenvalue weighted by Crippen LogP contribution is -2.39. The average molecular weight is 374 g/mol. The summed E-state index contributed by atoms with van der Waals surface area (Å²) in [4.78, 5) is 12.4. The molecular weight excluding hydrogens is 347 g/mol. The molecule has 2 fully saturated rings. The summed E-state index contributed by atoms with van der Waals surface area (Å²) in [6.07, 6.45) is 5.58. The molecule has 0 radical (unpaired) electrons. The molecule has 0 bridgehead atoms. The van der Waals surface area contributed by atoms with Crippen LogP contribution in [-0.4, -0.2) is 5.78 Å². The fourth-order valence-corrected chi connectivity index (χ4v) is 5.55. The molecule has 2 aliphatic rings. The summed E-state index contributed by atoms with van der Waals surface area (Å²) in [6, 6.07) is 0. The van der Waals surface area contributed by atoms with E-state index in [9.17, 15) is 4.79 Å². The summed E-state index contributed by atoms with van der Waals surface area (Å²) in [5, 5.41) is 0. The Bertz CT molecular complexity index is 400. The zero-order valence-electron chi connectivity index (χ0n) is 12.8. The highest BCUT2D eigenvalue weighted by molar-refractivity contribution is 14.1. The number of Topliss-reactive ketones (excluding diaryl/α,β-unsaturated/α-hetero) is 1. The average Bonchev–Trinajstić information content (AvgIpc) is 2.67. The van der Waals surface area contributed by atoms with Crippen LogP contribution in [0.5, 0.6) is 0 Å². The first-order valence-corrected chi connectivity index (χ1v) is 8.68. The first kappa shape index (κ1) is 15.5. The van der Waals surface area contributed by atoms with Crippen LogP contribution in [0.1, 0.15) is 59.8 Å². The Labute approximate surface area is 131 Å². The largest absolute Gasteiger partial charge is 0.299 e. The van der Waals surface area contributed by atoms with Crippen molar-refractivity contribution in [2.75, 3.05) is 0 Å². The zero-order chi connectivity index (χ0) is 14.4. The SMILES string of the molecule is C=C(I)CC[C@]12CC[C@H](C(C)C)[C@@]1(C)CC(=O)C2C. The van der Waals surface area contributed by atoms with Gasteiger partial charge in [-0.15, -0.1) is 0 Å². The summed E-state index contributed by atoms with van der Waals surface area (Å²) in [6.45, 7) is 13.3. The molecule has 0 amide bonds. The van der Waals surface area contributed by atoms with Crippen LogP contribution >= 0.6 is 22.6 Å². The fourth-order valence-electron chi connectivity index (χ4n) is 5.28. The van der Waals surface area contributed by atoms with Crippen LogP contribution in [-0.2, 0) is 4.79 Å². The van der Waals surface area contributed by atoms with Gasteiger partial charge >= 0.3 is 0 Å². The van der Waals surface area contributed by atoms with Gasteiger partial charge in [0.1, 0.15) is 5.78 Å². The van der Waals surface area contributed by atoms with E-state index in [4.69, 9.17) is 0 Å². The minimum Gasteiger partial charge on any atom is -0.299 e. The molecule has 0 N–H and O–H groups in total. The molecule has 0 spiro atoms. The number of hydrogen-bond donors (Lipinski definition) is 0. The van der Waals surface area contributed by atoms with Crippen LogP contribution in [0.4, 0.5) is 0 Å². The molecule has 1 unspecified atom stereocenters. The molecule has 2 heteroatoms. The van der Waals surface area contributed by atoms with E-state index in [1.165, 1.54) is 16.4 Å². The van der Waals surface area contributed by atoms with E-state index < -0.39 is 0 Å². The van der Waals surface area contributed by atoms with Gasteiger partial charge in [0.25, 0.3) is 0 Å². The van der Waals surface area contributed by atoms with Gasteiger partial charge in [-0.3, -0.25) is 4.79 Å². The number of halogens is 1. The van der Waals surface area contributed by atoms with E-state index >= 15 is 0 Å². The maximum atomic E-state index is 12.4. The topological polar surface area (TPSA) is 17.1 Å². The predicted molar refractivity (Wildman–Crippen MR) is 89.3 cm³/mol. The second kappa shape index (κ2) is 5.16. The number of hydrogen-bond acceptors (Lipinski definition) is 1. The van der Waals surface area contributed by atoms with E-state index in [2.05, 4.69) is 56.9 Å². The minimum absolute atomic E-state index is 0.226. The van der Waals surface area contributed by atoms with Gasteiger partial charge in [-0.05, 0) is 74.5 Å². The number of rotatable bonds is 4. The normalized spacial score (nSPS) is 41.9. The molecule has 2 rings (SSSR count). The van der Waals surface area contributed by atoms with Crippen molar-refractivity contribution >= 4 is 28.4 Å². The standard InChI is InChI=1S/C17H27IO/c1-11(2)14-7-9-17(8-6-12(3)18)13(4)15(19)10-16(14,17)5/h11,13-14H,3,6-10H2,1-2,4-5H3/t13?,14-,16-,17-/m1/s1. The number of allylic oxidation sites excluding steroid dienone is 1. The first-order chi connectivity index (χ1) is 8.74. The van der Waals surface area contributed by atoms with Gasteiger partial charge < -0.3 is 0 Å². The second-order valence-corrected chi connectivity index (χ2v) is 8.87. The Balaban J connectivity index is 2.36. The maximum Gasteiger partial charge on any atom is 0.136 e. The van der Waals surface area contributed by atoms with E-state index in [1.54, 1.807) is 0 Å². The molecule has 2 aliphatic carbocycles. The van der Waals surface area contributed by atoms with Gasteiger partial charge in [-0.25, -0.2) is 0 Å². The lowest BCUT2D eigenvalue weighted by atomic mass is 9.59. The molecule has 19 heavy (non-hydrogen) atoms. The second-order valence-electron chi connectivity index (χ2n) is 7.34. The summed E-state index contributed by atoms with van der Waals surface area (Å²) in [5.41, 5.74) is 0.469. The third-order valence-corrected chi connectivity index (χ3v) is 6.90. The number of carbonyl (C=O) groups is 1. The lowest BCUT2D eigenvalue weighted by molar-refractivity contribution is -0.122. The van der Waals surface area contributed by atoms with Gasteiger partial charge in [0.05, 0.1) is 0 Å². The van der Waals surface area contributed by atoms with Gasteiger partial charge in [0, 0.05) is 12.3 Å². The molecule has 0 aromatic carbocycles. The summed E-state index contributed by atoms with van der Waals surface area (Å²) < 4.78 is 1.23. The Morgan fingerprint density at radius 2 is 2.16 bits per heavy atom. The lowest BCUT2D eigenvalue weighted by Gasteiger charge is -2.44. The molecule has 4 atom stereocenters. The fraction of sp³-hybridized carbons (Fsp3) is 0.824. The highest BCUT2D eigenvalue weighted by Gasteiger charge is 2.65. The number of fused-ring (bicyclic) bond motifs is 1. The van der Waals surface area contributed by atoms with Gasteiger partial charge in [0.2, 0.25) is 0 Å². The quantitative estimate of drug-likeness (QED) is 0.604. The van der Waals surface area contributed by atoms with Crippen molar-refractivity contribution < 1.29 is 4.79 Å². The number of ketones is 1. The monoisotopic (exact) mass is 374 g/mol. The third kappa shape index (κ3) is 2.22. The van der Waals surface area contributed by atoms with Crippen molar-refractivity contribution in [2.45, 2.75) is 59.8 Å². The van der Waals surface area contributed by atoms with Crippen molar-refractivity contribution in [2.24, 2.45) is 28.6 Å². The van der Waals surface area contributed by atoms with Crippen LogP contribution in [0.15, 0.2) is 10.2 Å². The van der Waals surface area contributed by atoms with Gasteiger partial charge in [-0.1, -0.05) is 34.3 Å². The minimum atomic E-state index is 0.226. The molecule has 0 aliphatic heterocycles. The van der Waals surface area contributed by atoms with Crippen LogP contribution in [0.2, 0.25) is 0 Å². The molecule has 0 aromatic rings. The Kier molecular flexibility index (Phi) is 4.22. The zero-order valence-corrected chi connectivity index (χ0v) is 14.9. The highest BCUT2D eigenvalue weighted by atomic mass is 127. The van der Waals surface area contributed by atoms with E-state index in [0.29, 0.717) is 17.6 Å².